The second-order valence-corrected chi connectivity index (χ2v) is 8.36. The first-order valence-corrected chi connectivity index (χ1v) is 10.1. The number of aromatic nitrogens is 1. The summed E-state index contributed by atoms with van der Waals surface area (Å²) < 4.78 is 28.3. The van der Waals surface area contributed by atoms with Crippen LogP contribution in [0.3, 0.4) is 0 Å². The minimum absolute atomic E-state index is 0.130. The van der Waals surface area contributed by atoms with Crippen LogP contribution in [0, 0.1) is 0 Å². The van der Waals surface area contributed by atoms with Crippen molar-refractivity contribution in [3.8, 4) is 0 Å². The lowest BCUT2D eigenvalue weighted by molar-refractivity contribution is -0.121. The molecule has 3 rings (SSSR count). The molecule has 8 nitrogen and oxygen atoms in total. The number of hydrogen-bond donors (Lipinski definition) is 1. The minimum atomic E-state index is -3.35. The van der Waals surface area contributed by atoms with Gasteiger partial charge >= 0.3 is 0 Å². The predicted octanol–water partition coefficient (Wildman–Crippen LogP) is 0.367. The average Bonchev–Trinajstić information content (AvgIpc) is 3.17. The Kier molecular flexibility index (Phi) is 5.67. The van der Waals surface area contributed by atoms with Crippen molar-refractivity contribution in [3.05, 3.63) is 24.4 Å². The van der Waals surface area contributed by atoms with Crippen molar-refractivity contribution in [2.45, 2.75) is 25.8 Å². The number of carbonyl (C=O) groups excluding carboxylic acids is 1. The number of nitrogens with one attached hydrogen (secondary N) is 1. The number of piperazine rings is 1. The van der Waals surface area contributed by atoms with Crippen LogP contribution < -0.4 is 5.32 Å². The van der Waals surface area contributed by atoms with Crippen LogP contribution in [0.4, 0.5) is 5.82 Å². The molecule has 2 saturated heterocycles. The van der Waals surface area contributed by atoms with Gasteiger partial charge in [-0.1, -0.05) is 6.07 Å². The van der Waals surface area contributed by atoms with E-state index in [1.807, 2.05) is 17.9 Å². The summed E-state index contributed by atoms with van der Waals surface area (Å²) in [6.45, 7) is 4.99. The summed E-state index contributed by atoms with van der Waals surface area (Å²) >= 11 is 0. The third kappa shape index (κ3) is 4.17. The fourth-order valence-electron chi connectivity index (χ4n) is 3.24. The lowest BCUT2D eigenvalue weighted by atomic mass is 10.2. The van der Waals surface area contributed by atoms with Crippen molar-refractivity contribution in [2.75, 3.05) is 44.6 Å². The Morgan fingerprint density at radius 2 is 1.72 bits per heavy atom. The average molecular weight is 367 g/mol. The molecular formula is C16H25N5O3S. The molecule has 1 atom stereocenters. The smallest absolute Gasteiger partial charge is 0.282 e. The highest BCUT2D eigenvalue weighted by molar-refractivity contribution is 7.86. The first-order chi connectivity index (χ1) is 12.0. The summed E-state index contributed by atoms with van der Waals surface area (Å²) in [7, 11) is -3.35. The first-order valence-electron chi connectivity index (χ1n) is 8.69. The molecule has 9 heteroatoms. The Hall–Kier alpha value is -1.55. The van der Waals surface area contributed by atoms with Gasteiger partial charge in [0, 0.05) is 45.5 Å². The molecule has 0 aliphatic carbocycles. The van der Waals surface area contributed by atoms with Gasteiger partial charge in [0.05, 0.1) is 6.04 Å². The molecule has 0 unspecified atom stereocenters. The van der Waals surface area contributed by atoms with Crippen molar-refractivity contribution in [1.82, 2.24) is 18.5 Å². The van der Waals surface area contributed by atoms with Gasteiger partial charge in [-0.2, -0.15) is 17.0 Å². The number of carbonyl (C=O) groups is 1. The van der Waals surface area contributed by atoms with E-state index in [1.165, 1.54) is 4.31 Å². The SMILES string of the molecule is C[C@@H](C(=O)Nc1ccccn1)N1CCN(S(=O)(=O)N2CCCC2)CC1. The van der Waals surface area contributed by atoms with Crippen molar-refractivity contribution < 1.29 is 13.2 Å². The minimum Gasteiger partial charge on any atom is -0.309 e. The molecule has 25 heavy (non-hydrogen) atoms. The topological polar surface area (TPSA) is 85.9 Å². The highest BCUT2D eigenvalue weighted by atomic mass is 32.2. The fourth-order valence-corrected chi connectivity index (χ4v) is 4.91. The van der Waals surface area contributed by atoms with Gasteiger partial charge in [-0.25, -0.2) is 4.98 Å². The predicted molar refractivity (Wildman–Crippen MR) is 95.2 cm³/mol. The van der Waals surface area contributed by atoms with E-state index >= 15 is 0 Å². The zero-order valence-corrected chi connectivity index (χ0v) is 15.3. The van der Waals surface area contributed by atoms with Crippen molar-refractivity contribution in [3.63, 3.8) is 0 Å². The number of rotatable bonds is 5. The number of anilines is 1. The Morgan fingerprint density at radius 3 is 2.32 bits per heavy atom. The molecule has 3 heterocycles. The Bertz CT molecular complexity index is 683. The van der Waals surface area contributed by atoms with Gasteiger partial charge in [0.15, 0.2) is 0 Å². The number of pyridine rings is 1. The van der Waals surface area contributed by atoms with Crippen molar-refractivity contribution >= 4 is 21.9 Å². The van der Waals surface area contributed by atoms with E-state index in [1.54, 1.807) is 22.6 Å². The summed E-state index contributed by atoms with van der Waals surface area (Å²) in [6, 6.07) is 5.01. The van der Waals surface area contributed by atoms with Crippen LogP contribution in [0.15, 0.2) is 24.4 Å². The zero-order chi connectivity index (χ0) is 17.9. The highest BCUT2D eigenvalue weighted by Crippen LogP contribution is 2.19. The van der Waals surface area contributed by atoms with Gasteiger partial charge in [-0.05, 0) is 31.9 Å². The standard InChI is InChI=1S/C16H25N5O3S/c1-14(16(22)18-15-6-2-3-7-17-15)19-10-12-21(13-11-19)25(23,24)20-8-4-5-9-20/h2-3,6-7,14H,4-5,8-13H2,1H3,(H,17,18,22)/t14-/m0/s1. The number of hydrogen-bond acceptors (Lipinski definition) is 5. The summed E-state index contributed by atoms with van der Waals surface area (Å²) in [6.07, 6.45) is 3.50. The van der Waals surface area contributed by atoms with Crippen LogP contribution in [0.5, 0.6) is 0 Å². The second kappa shape index (κ2) is 7.77. The van der Waals surface area contributed by atoms with Gasteiger partial charge in [0.1, 0.15) is 5.82 Å². The lowest BCUT2D eigenvalue weighted by Gasteiger charge is -2.37. The van der Waals surface area contributed by atoms with Gasteiger partial charge < -0.3 is 5.32 Å². The fraction of sp³-hybridized carbons (Fsp3) is 0.625. The Morgan fingerprint density at radius 1 is 1.08 bits per heavy atom. The number of amides is 1. The Balaban J connectivity index is 1.53. The maximum absolute atomic E-state index is 12.6. The molecule has 2 aliphatic heterocycles. The largest absolute Gasteiger partial charge is 0.309 e. The lowest BCUT2D eigenvalue weighted by Crippen LogP contribution is -2.56. The maximum atomic E-state index is 12.6. The third-order valence-corrected chi connectivity index (χ3v) is 6.87. The molecule has 0 aromatic carbocycles. The van der Waals surface area contributed by atoms with E-state index in [4.69, 9.17) is 0 Å². The Labute approximate surface area is 149 Å². The molecule has 1 N–H and O–H groups in total. The zero-order valence-electron chi connectivity index (χ0n) is 14.5. The molecule has 1 aromatic heterocycles. The summed E-state index contributed by atoms with van der Waals surface area (Å²) in [4.78, 5) is 18.5. The van der Waals surface area contributed by atoms with Crippen molar-refractivity contribution in [1.29, 1.82) is 0 Å². The number of nitrogens with zero attached hydrogens (tertiary/aromatic N) is 4. The molecule has 0 spiro atoms. The van der Waals surface area contributed by atoms with E-state index in [2.05, 4.69) is 10.3 Å². The van der Waals surface area contributed by atoms with Crippen LogP contribution in [0.25, 0.3) is 0 Å². The van der Waals surface area contributed by atoms with Crippen molar-refractivity contribution in [2.24, 2.45) is 0 Å². The summed E-state index contributed by atoms with van der Waals surface area (Å²) in [5, 5.41) is 2.79. The van der Waals surface area contributed by atoms with E-state index in [9.17, 15) is 13.2 Å². The molecule has 138 valence electrons. The first kappa shape index (κ1) is 18.2. The van der Waals surface area contributed by atoms with Crippen LogP contribution in [-0.4, -0.2) is 78.1 Å². The maximum Gasteiger partial charge on any atom is 0.282 e. The van der Waals surface area contributed by atoms with Gasteiger partial charge in [-0.15, -0.1) is 0 Å². The van der Waals surface area contributed by atoms with E-state index < -0.39 is 10.2 Å². The van der Waals surface area contributed by atoms with Crippen LogP contribution in [0.2, 0.25) is 0 Å². The molecule has 0 saturated carbocycles. The van der Waals surface area contributed by atoms with Gasteiger partial charge in [0.2, 0.25) is 5.91 Å². The molecule has 1 amide bonds. The summed E-state index contributed by atoms with van der Waals surface area (Å²) in [5.74, 6) is 0.393. The van der Waals surface area contributed by atoms with E-state index in [0.717, 1.165) is 12.8 Å². The third-order valence-electron chi connectivity index (χ3n) is 4.83. The molecular weight excluding hydrogens is 342 g/mol. The van der Waals surface area contributed by atoms with Crippen LogP contribution in [-0.2, 0) is 15.0 Å². The highest BCUT2D eigenvalue weighted by Gasteiger charge is 2.35. The molecule has 0 radical (unpaired) electrons. The van der Waals surface area contributed by atoms with Gasteiger partial charge in [-0.3, -0.25) is 9.69 Å². The second-order valence-electron chi connectivity index (χ2n) is 6.43. The molecule has 2 aliphatic rings. The monoisotopic (exact) mass is 367 g/mol. The van der Waals surface area contributed by atoms with Gasteiger partial charge in [0.25, 0.3) is 10.2 Å². The van der Waals surface area contributed by atoms with E-state index in [-0.39, 0.29) is 11.9 Å². The molecule has 2 fully saturated rings. The van der Waals surface area contributed by atoms with Crippen LogP contribution >= 0.6 is 0 Å². The molecule has 1 aromatic rings. The summed E-state index contributed by atoms with van der Waals surface area (Å²) in [5.41, 5.74) is 0. The molecule has 0 bridgehead atoms. The van der Waals surface area contributed by atoms with Crippen LogP contribution in [0.1, 0.15) is 19.8 Å². The quantitative estimate of drug-likeness (QED) is 0.812. The normalized spacial score (nSPS) is 22.0. The van der Waals surface area contributed by atoms with E-state index in [0.29, 0.717) is 45.1 Å².